The Balaban J connectivity index is 1.12. The predicted molar refractivity (Wildman–Crippen MR) is 222 cm³/mol. The number of ether oxygens (including phenoxy) is 1. The van der Waals surface area contributed by atoms with E-state index in [0.717, 1.165) is 51.7 Å². The lowest BCUT2D eigenvalue weighted by atomic mass is 9.96. The van der Waals surface area contributed by atoms with Crippen LogP contribution in [-0.4, -0.2) is 74.0 Å². The molecule has 14 heteroatoms. The van der Waals surface area contributed by atoms with Crippen molar-refractivity contribution in [3.8, 4) is 34.1 Å². The van der Waals surface area contributed by atoms with Gasteiger partial charge in [0.25, 0.3) is 0 Å². The van der Waals surface area contributed by atoms with Crippen molar-refractivity contribution in [3.63, 3.8) is 0 Å². The van der Waals surface area contributed by atoms with Gasteiger partial charge in [0, 0.05) is 84.2 Å². The summed E-state index contributed by atoms with van der Waals surface area (Å²) in [6.45, 7) is 1.31. The quantitative estimate of drug-likeness (QED) is 0.0815. The Hall–Kier alpha value is -5.81. The number of likely N-dealkylation sites (tertiary alicyclic amines) is 1. The number of benzene rings is 4. The van der Waals surface area contributed by atoms with Crippen LogP contribution in [-0.2, 0) is 35.8 Å². The lowest BCUT2D eigenvalue weighted by Crippen LogP contribution is -2.39. The van der Waals surface area contributed by atoms with Crippen LogP contribution >= 0.6 is 23.2 Å². The number of aromatic nitrogens is 3. The molecule has 6 aromatic rings. The molecule has 2 aromatic heterocycles. The van der Waals surface area contributed by atoms with Crippen LogP contribution < -0.4 is 15.4 Å². The second-order valence-corrected chi connectivity index (χ2v) is 15.0. The smallest absolute Gasteiger partial charge is 0.323 e. The standard InChI is InChI=1S/C44H41Cl2N7O5/c1-52-33(12-13-42(52)55)22-49-18-27-8-10-30(11-9-27)34-4-2-6-36(43(34)46)35-5-3-7-40-37(35)23-51-53(40)24-32-16-41(58-26-29-14-28(17-47)19-48-20-29)31(15-38(32)45)21-50-39(25-54)44(56)57/h2-11,14-16,19-20,23,33,39,49-50,54H,12-13,18,21-22,24-26H2,1H3,(H,56,57)/t33-,39-/m0/s1. The molecule has 0 saturated carbocycles. The zero-order chi connectivity index (χ0) is 40.8. The average Bonchev–Trinajstić information content (AvgIpc) is 3.79. The SMILES string of the molecule is CN1C(=O)CC[C@H]1CNCc1ccc(-c2cccc(-c3cccc4c3cnn4Cc3cc(OCc4cncc(C#N)c4)c(CN[C@@H](CO)C(=O)O)cc3Cl)c2Cl)cc1. The fourth-order valence-electron chi connectivity index (χ4n) is 7.16. The molecule has 58 heavy (non-hydrogen) atoms. The number of nitrogens with one attached hydrogen (secondary N) is 2. The largest absolute Gasteiger partial charge is 0.489 e. The van der Waals surface area contributed by atoms with E-state index in [0.29, 0.717) is 57.6 Å². The normalized spacial score (nSPS) is 14.5. The van der Waals surface area contributed by atoms with Crippen molar-refractivity contribution in [2.75, 3.05) is 20.2 Å². The van der Waals surface area contributed by atoms with Gasteiger partial charge in [-0.15, -0.1) is 0 Å². The number of carbonyl (C=O) groups is 2. The second kappa shape index (κ2) is 18.2. The monoisotopic (exact) mass is 817 g/mol. The number of likely N-dealkylation sites (N-methyl/N-ethyl adjacent to an activating group) is 1. The van der Waals surface area contributed by atoms with E-state index in [1.807, 2.05) is 59.2 Å². The number of hydrogen-bond donors (Lipinski definition) is 4. The summed E-state index contributed by atoms with van der Waals surface area (Å²) in [5, 5.41) is 41.4. The van der Waals surface area contributed by atoms with Crippen LogP contribution in [0.25, 0.3) is 33.2 Å². The Bertz CT molecular complexity index is 2500. The second-order valence-electron chi connectivity index (χ2n) is 14.2. The molecule has 1 amide bonds. The molecule has 4 N–H and O–H groups in total. The first-order valence-electron chi connectivity index (χ1n) is 18.8. The number of carboxylic acids is 1. The molecule has 4 aromatic carbocycles. The van der Waals surface area contributed by atoms with Gasteiger partial charge < -0.3 is 25.2 Å². The Morgan fingerprint density at radius 3 is 2.50 bits per heavy atom. The van der Waals surface area contributed by atoms with Crippen molar-refractivity contribution >= 4 is 46.0 Å². The van der Waals surface area contributed by atoms with Crippen molar-refractivity contribution in [2.24, 2.45) is 0 Å². The number of fused-ring (bicyclic) bond motifs is 1. The van der Waals surface area contributed by atoms with Gasteiger partial charge in [-0.1, -0.05) is 77.8 Å². The number of carboxylic acid groups (broad SMARTS) is 1. The molecule has 1 aliphatic rings. The Labute approximate surface area is 345 Å². The van der Waals surface area contributed by atoms with Gasteiger partial charge in [-0.05, 0) is 52.9 Å². The molecule has 0 spiro atoms. The fourth-order valence-corrected chi connectivity index (χ4v) is 7.74. The van der Waals surface area contributed by atoms with Crippen LogP contribution in [0.2, 0.25) is 10.0 Å². The molecule has 296 valence electrons. The van der Waals surface area contributed by atoms with Crippen molar-refractivity contribution in [1.29, 1.82) is 5.26 Å². The summed E-state index contributed by atoms with van der Waals surface area (Å²) >= 11 is 14.0. The summed E-state index contributed by atoms with van der Waals surface area (Å²) < 4.78 is 8.07. The zero-order valence-electron chi connectivity index (χ0n) is 31.7. The summed E-state index contributed by atoms with van der Waals surface area (Å²) in [4.78, 5) is 29.4. The van der Waals surface area contributed by atoms with Crippen molar-refractivity contribution in [2.45, 2.75) is 51.2 Å². The predicted octanol–water partition coefficient (Wildman–Crippen LogP) is 6.82. The number of aliphatic hydroxyl groups is 1. The third-order valence-electron chi connectivity index (χ3n) is 10.5. The van der Waals surface area contributed by atoms with E-state index < -0.39 is 18.6 Å². The zero-order valence-corrected chi connectivity index (χ0v) is 33.2. The first-order chi connectivity index (χ1) is 28.1. The van der Waals surface area contributed by atoms with Gasteiger partial charge in [-0.3, -0.25) is 24.6 Å². The highest BCUT2D eigenvalue weighted by molar-refractivity contribution is 6.36. The van der Waals surface area contributed by atoms with Crippen molar-refractivity contribution in [3.05, 3.63) is 135 Å². The maximum absolute atomic E-state index is 11.9. The van der Waals surface area contributed by atoms with Gasteiger partial charge in [-0.25, -0.2) is 0 Å². The Kier molecular flexibility index (Phi) is 12.7. The number of amides is 1. The van der Waals surface area contributed by atoms with E-state index in [-0.39, 0.29) is 25.1 Å². The number of nitriles is 1. The minimum absolute atomic E-state index is 0.0566. The summed E-state index contributed by atoms with van der Waals surface area (Å²) in [7, 11) is 1.87. The molecular formula is C44H41Cl2N7O5. The first kappa shape index (κ1) is 40.4. The highest BCUT2D eigenvalue weighted by atomic mass is 35.5. The topological polar surface area (TPSA) is 166 Å². The number of nitrogens with zero attached hydrogens (tertiary/aromatic N) is 5. The van der Waals surface area contributed by atoms with Crippen LogP contribution in [0.3, 0.4) is 0 Å². The van der Waals surface area contributed by atoms with E-state index in [1.165, 1.54) is 6.20 Å². The van der Waals surface area contributed by atoms with Gasteiger partial charge in [0.15, 0.2) is 0 Å². The van der Waals surface area contributed by atoms with Crippen LogP contribution in [0.1, 0.15) is 40.7 Å². The van der Waals surface area contributed by atoms with Crippen LogP contribution in [0.4, 0.5) is 0 Å². The maximum Gasteiger partial charge on any atom is 0.323 e. The first-order valence-corrected chi connectivity index (χ1v) is 19.5. The molecule has 1 aliphatic heterocycles. The number of aliphatic carboxylic acids is 1. The molecule has 0 aliphatic carbocycles. The molecule has 2 atom stereocenters. The lowest BCUT2D eigenvalue weighted by molar-refractivity contribution is -0.140. The summed E-state index contributed by atoms with van der Waals surface area (Å²) in [5.74, 6) is -0.545. The number of halogens is 2. The van der Waals surface area contributed by atoms with E-state index in [2.05, 4.69) is 46.0 Å². The molecular weight excluding hydrogens is 777 g/mol. The highest BCUT2D eigenvalue weighted by Gasteiger charge is 2.27. The van der Waals surface area contributed by atoms with Gasteiger partial charge in [0.2, 0.25) is 5.91 Å². The number of carbonyl (C=O) groups excluding carboxylic acids is 1. The van der Waals surface area contributed by atoms with Gasteiger partial charge in [0.1, 0.15) is 24.5 Å². The van der Waals surface area contributed by atoms with E-state index in [9.17, 15) is 25.1 Å². The molecule has 7 rings (SSSR count). The third-order valence-corrected chi connectivity index (χ3v) is 11.2. The molecule has 0 bridgehead atoms. The third kappa shape index (κ3) is 9.00. The number of rotatable bonds is 16. The van der Waals surface area contributed by atoms with Crippen molar-refractivity contribution < 1.29 is 24.5 Å². The lowest BCUT2D eigenvalue weighted by Gasteiger charge is -2.20. The maximum atomic E-state index is 11.9. The van der Waals surface area contributed by atoms with Crippen molar-refractivity contribution in [1.82, 2.24) is 30.3 Å². The van der Waals surface area contributed by atoms with Gasteiger partial charge in [0.05, 0.1) is 35.5 Å². The number of pyridine rings is 1. The fraction of sp³-hybridized carbons (Fsp3) is 0.250. The minimum Gasteiger partial charge on any atom is -0.489 e. The molecule has 3 heterocycles. The Morgan fingerprint density at radius 2 is 1.76 bits per heavy atom. The highest BCUT2D eigenvalue weighted by Crippen LogP contribution is 2.39. The van der Waals surface area contributed by atoms with Gasteiger partial charge >= 0.3 is 5.97 Å². The van der Waals surface area contributed by atoms with E-state index in [4.69, 9.17) is 33.0 Å². The summed E-state index contributed by atoms with van der Waals surface area (Å²) in [5.41, 5.74) is 8.06. The molecule has 0 radical (unpaired) electrons. The molecule has 1 saturated heterocycles. The number of hydrogen-bond acceptors (Lipinski definition) is 9. The van der Waals surface area contributed by atoms with E-state index >= 15 is 0 Å². The Morgan fingerprint density at radius 1 is 0.983 bits per heavy atom. The van der Waals surface area contributed by atoms with Crippen LogP contribution in [0.5, 0.6) is 5.75 Å². The number of aliphatic hydroxyl groups excluding tert-OH is 1. The summed E-state index contributed by atoms with van der Waals surface area (Å²) in [6, 6.07) is 26.6. The van der Waals surface area contributed by atoms with Gasteiger partial charge in [-0.2, -0.15) is 10.4 Å². The molecule has 1 fully saturated rings. The summed E-state index contributed by atoms with van der Waals surface area (Å²) in [6.07, 6.45) is 6.38. The van der Waals surface area contributed by atoms with Crippen LogP contribution in [0, 0.1) is 11.3 Å². The molecule has 12 nitrogen and oxygen atoms in total. The average molecular weight is 819 g/mol. The van der Waals surface area contributed by atoms with Crippen LogP contribution in [0.15, 0.2) is 97.5 Å². The molecule has 0 unspecified atom stereocenters. The minimum atomic E-state index is -1.19. The van der Waals surface area contributed by atoms with E-state index in [1.54, 1.807) is 24.4 Å².